The van der Waals surface area contributed by atoms with Crippen LogP contribution in [0.1, 0.15) is 29.8 Å². The number of hydrogen-bond donors (Lipinski definition) is 0. The first kappa shape index (κ1) is 19.9. The zero-order valence-electron chi connectivity index (χ0n) is 16.5. The van der Waals surface area contributed by atoms with Gasteiger partial charge in [-0.1, -0.05) is 55.1 Å². The summed E-state index contributed by atoms with van der Waals surface area (Å²) in [6.07, 6.45) is 3.72. The zero-order valence-corrected chi connectivity index (χ0v) is 18.1. The molecular weight excluding hydrogens is 400 g/mol. The van der Waals surface area contributed by atoms with Gasteiger partial charge in [-0.15, -0.1) is 28.1 Å². The summed E-state index contributed by atoms with van der Waals surface area (Å²) in [5.74, 6) is 1.32. The molecule has 1 aromatic carbocycles. The van der Waals surface area contributed by atoms with Crippen LogP contribution in [0.15, 0.2) is 59.6 Å². The average Bonchev–Trinajstić information content (AvgIpc) is 3.39. The fraction of sp³-hybridized carbons (Fsp3) is 0.318. The van der Waals surface area contributed by atoms with E-state index in [4.69, 9.17) is 0 Å². The first-order chi connectivity index (χ1) is 14.2. The molecule has 0 radical (unpaired) electrons. The summed E-state index contributed by atoms with van der Waals surface area (Å²) >= 11 is 3.26. The highest BCUT2D eigenvalue weighted by molar-refractivity contribution is 7.99. The van der Waals surface area contributed by atoms with E-state index in [-0.39, 0.29) is 11.9 Å². The minimum absolute atomic E-state index is 0.160. The average molecular weight is 425 g/mol. The Bertz CT molecular complexity index is 995. The molecule has 0 N–H and O–H groups in total. The van der Waals surface area contributed by atoms with E-state index in [0.717, 1.165) is 35.9 Å². The first-order valence-corrected chi connectivity index (χ1v) is 11.7. The van der Waals surface area contributed by atoms with Crippen molar-refractivity contribution in [3.05, 3.63) is 64.9 Å². The summed E-state index contributed by atoms with van der Waals surface area (Å²) in [5.41, 5.74) is 2.33. The van der Waals surface area contributed by atoms with Gasteiger partial charge in [0.1, 0.15) is 0 Å². The highest BCUT2D eigenvalue weighted by Gasteiger charge is 2.30. The predicted molar refractivity (Wildman–Crippen MR) is 119 cm³/mol. The van der Waals surface area contributed by atoms with Crippen molar-refractivity contribution in [2.24, 2.45) is 0 Å². The Kier molecular flexibility index (Phi) is 6.16. The molecule has 1 aliphatic rings. The number of rotatable bonds is 7. The van der Waals surface area contributed by atoms with Crippen LogP contribution in [0.4, 0.5) is 0 Å². The number of aromatic nitrogens is 3. The van der Waals surface area contributed by atoms with E-state index in [1.54, 1.807) is 11.3 Å². The molecular formula is C22H24N4OS2. The van der Waals surface area contributed by atoms with Gasteiger partial charge in [0, 0.05) is 23.5 Å². The van der Waals surface area contributed by atoms with Crippen LogP contribution in [0.3, 0.4) is 0 Å². The molecule has 4 rings (SSSR count). The number of allylic oxidation sites excluding steroid dienone is 1. The largest absolute Gasteiger partial charge is 0.335 e. The summed E-state index contributed by atoms with van der Waals surface area (Å²) < 4.78 is 2.02. The van der Waals surface area contributed by atoms with E-state index in [1.807, 2.05) is 45.9 Å². The lowest BCUT2D eigenvalue weighted by atomic mass is 9.98. The molecule has 150 valence electrons. The van der Waals surface area contributed by atoms with Crippen LogP contribution in [-0.2, 0) is 17.8 Å². The number of thioether (sulfide) groups is 1. The van der Waals surface area contributed by atoms with Gasteiger partial charge in [0.2, 0.25) is 5.91 Å². The molecule has 5 nitrogen and oxygen atoms in total. The SMILES string of the molecule is C=CCn1c(SCC(=O)N2CCc3sccc3C2CC)nnc1-c1ccccc1. The van der Waals surface area contributed by atoms with Gasteiger partial charge in [-0.2, -0.15) is 0 Å². The third kappa shape index (κ3) is 4.02. The molecule has 0 saturated heterocycles. The molecule has 3 aromatic rings. The zero-order chi connectivity index (χ0) is 20.2. The van der Waals surface area contributed by atoms with Gasteiger partial charge in [0.05, 0.1) is 11.8 Å². The molecule has 0 saturated carbocycles. The summed E-state index contributed by atoms with van der Waals surface area (Å²) in [5, 5.41) is 11.6. The standard InChI is InChI=1S/C22H24N4OS2/c1-3-12-26-21(16-8-6-5-7-9-16)23-24-22(26)29-15-20(27)25-13-10-19-17(11-14-28-19)18(25)4-2/h3,5-9,11,14,18H,1,4,10,12-13,15H2,2H3. The summed E-state index contributed by atoms with van der Waals surface area (Å²) in [6, 6.07) is 12.3. The molecule has 0 bridgehead atoms. The van der Waals surface area contributed by atoms with Gasteiger partial charge >= 0.3 is 0 Å². The molecule has 0 fully saturated rings. The van der Waals surface area contributed by atoms with Crippen molar-refractivity contribution in [2.45, 2.75) is 37.5 Å². The summed E-state index contributed by atoms with van der Waals surface area (Å²) in [7, 11) is 0. The molecule has 1 amide bonds. The van der Waals surface area contributed by atoms with Crippen LogP contribution in [-0.4, -0.2) is 37.9 Å². The molecule has 1 unspecified atom stereocenters. The number of fused-ring (bicyclic) bond motifs is 1. The summed E-state index contributed by atoms with van der Waals surface area (Å²) in [4.78, 5) is 16.5. The Balaban J connectivity index is 1.50. The van der Waals surface area contributed by atoms with Crippen molar-refractivity contribution in [1.82, 2.24) is 19.7 Å². The van der Waals surface area contributed by atoms with Crippen LogP contribution in [0.2, 0.25) is 0 Å². The van der Waals surface area contributed by atoms with Crippen molar-refractivity contribution in [3.63, 3.8) is 0 Å². The minimum Gasteiger partial charge on any atom is -0.335 e. The van der Waals surface area contributed by atoms with Crippen LogP contribution >= 0.6 is 23.1 Å². The molecule has 0 spiro atoms. The van der Waals surface area contributed by atoms with E-state index in [2.05, 4.69) is 35.1 Å². The highest BCUT2D eigenvalue weighted by atomic mass is 32.2. The Hall–Kier alpha value is -2.38. The number of amides is 1. The normalized spacial score (nSPS) is 15.9. The van der Waals surface area contributed by atoms with E-state index >= 15 is 0 Å². The van der Waals surface area contributed by atoms with Crippen LogP contribution in [0.25, 0.3) is 11.4 Å². The number of carbonyl (C=O) groups is 1. The highest BCUT2D eigenvalue weighted by Crippen LogP contribution is 2.36. The van der Waals surface area contributed by atoms with Crippen molar-refractivity contribution < 1.29 is 4.79 Å². The Morgan fingerprint density at radius 1 is 1.31 bits per heavy atom. The lowest BCUT2D eigenvalue weighted by molar-refractivity contribution is -0.131. The van der Waals surface area contributed by atoms with Crippen molar-refractivity contribution in [2.75, 3.05) is 12.3 Å². The van der Waals surface area contributed by atoms with E-state index in [9.17, 15) is 4.79 Å². The predicted octanol–water partition coefficient (Wildman–Crippen LogP) is 4.82. The Labute approximate surface area is 179 Å². The maximum Gasteiger partial charge on any atom is 0.233 e. The molecule has 0 aliphatic carbocycles. The number of nitrogens with zero attached hydrogens (tertiary/aromatic N) is 4. The Morgan fingerprint density at radius 3 is 2.90 bits per heavy atom. The number of benzene rings is 1. The smallest absolute Gasteiger partial charge is 0.233 e. The maximum atomic E-state index is 13.0. The number of carbonyl (C=O) groups excluding carboxylic acids is 1. The van der Waals surface area contributed by atoms with Crippen LogP contribution in [0.5, 0.6) is 0 Å². The molecule has 1 atom stereocenters. The molecule has 7 heteroatoms. The molecule has 29 heavy (non-hydrogen) atoms. The fourth-order valence-electron chi connectivity index (χ4n) is 3.83. The Morgan fingerprint density at radius 2 is 2.14 bits per heavy atom. The van der Waals surface area contributed by atoms with Gasteiger partial charge in [-0.25, -0.2) is 0 Å². The van der Waals surface area contributed by atoms with Gasteiger partial charge < -0.3 is 4.90 Å². The van der Waals surface area contributed by atoms with Crippen molar-refractivity contribution in [1.29, 1.82) is 0 Å². The van der Waals surface area contributed by atoms with Gasteiger partial charge in [-0.3, -0.25) is 9.36 Å². The topological polar surface area (TPSA) is 51.0 Å². The lowest BCUT2D eigenvalue weighted by Gasteiger charge is -2.35. The summed E-state index contributed by atoms with van der Waals surface area (Å²) in [6.45, 7) is 7.40. The number of thiophene rings is 1. The molecule has 3 heterocycles. The lowest BCUT2D eigenvalue weighted by Crippen LogP contribution is -2.40. The van der Waals surface area contributed by atoms with Crippen LogP contribution < -0.4 is 0 Å². The third-order valence-electron chi connectivity index (χ3n) is 5.19. The van der Waals surface area contributed by atoms with Crippen molar-refractivity contribution in [3.8, 4) is 11.4 Å². The van der Waals surface area contributed by atoms with E-state index < -0.39 is 0 Å². The second-order valence-corrected chi connectivity index (χ2v) is 8.86. The van der Waals surface area contributed by atoms with Gasteiger partial charge in [-0.05, 0) is 29.9 Å². The van der Waals surface area contributed by atoms with Crippen molar-refractivity contribution >= 4 is 29.0 Å². The second kappa shape index (κ2) is 8.97. The number of hydrogen-bond acceptors (Lipinski definition) is 5. The fourth-order valence-corrected chi connectivity index (χ4v) is 5.60. The minimum atomic E-state index is 0.160. The second-order valence-electron chi connectivity index (χ2n) is 6.92. The third-order valence-corrected chi connectivity index (χ3v) is 7.14. The maximum absolute atomic E-state index is 13.0. The van der Waals surface area contributed by atoms with E-state index in [1.165, 1.54) is 22.2 Å². The quantitative estimate of drug-likeness (QED) is 0.403. The van der Waals surface area contributed by atoms with Gasteiger partial charge in [0.25, 0.3) is 0 Å². The monoisotopic (exact) mass is 424 g/mol. The first-order valence-electron chi connectivity index (χ1n) is 9.81. The van der Waals surface area contributed by atoms with Crippen LogP contribution in [0, 0.1) is 0 Å². The van der Waals surface area contributed by atoms with E-state index in [0.29, 0.717) is 12.3 Å². The molecule has 2 aromatic heterocycles. The molecule has 1 aliphatic heterocycles. The van der Waals surface area contributed by atoms with Gasteiger partial charge in [0.15, 0.2) is 11.0 Å².